The molecule has 5 heteroatoms. The van der Waals surface area contributed by atoms with Crippen LogP contribution in [-0.4, -0.2) is 9.97 Å². The van der Waals surface area contributed by atoms with Crippen molar-refractivity contribution in [3.05, 3.63) is 17.0 Å². The molecule has 0 aliphatic heterocycles. The van der Waals surface area contributed by atoms with Crippen molar-refractivity contribution in [1.82, 2.24) is 9.97 Å². The minimum absolute atomic E-state index is 0. The van der Waals surface area contributed by atoms with Crippen LogP contribution in [0.2, 0.25) is 0 Å². The van der Waals surface area contributed by atoms with E-state index in [9.17, 15) is 0 Å². The number of fused-ring (bicyclic) bond motifs is 1. The molecule has 1 heterocycles. The molecule has 2 rings (SSSR count). The highest BCUT2D eigenvalue weighted by atomic mass is 35.5. The predicted molar refractivity (Wildman–Crippen MR) is 66.4 cm³/mol. The summed E-state index contributed by atoms with van der Waals surface area (Å²) in [5, 5.41) is 0. The highest BCUT2D eigenvalue weighted by molar-refractivity contribution is 5.98. The molecule has 0 saturated carbocycles. The van der Waals surface area contributed by atoms with Crippen LogP contribution < -0.4 is 11.5 Å². The van der Waals surface area contributed by atoms with Crippen LogP contribution in [0, 0.1) is 20.8 Å². The smallest absolute Gasteiger partial charge is 0.114 e. The van der Waals surface area contributed by atoms with Crippen LogP contribution >= 0.6 is 12.4 Å². The maximum Gasteiger partial charge on any atom is 0.114 e. The minimum Gasteiger partial charge on any atom is -0.397 e. The van der Waals surface area contributed by atoms with Gasteiger partial charge in [0, 0.05) is 0 Å². The second-order valence-electron chi connectivity index (χ2n) is 3.62. The number of benzene rings is 1. The number of aromatic nitrogens is 2. The lowest BCUT2D eigenvalue weighted by Crippen LogP contribution is -1.99. The van der Waals surface area contributed by atoms with Crippen molar-refractivity contribution in [3.8, 4) is 0 Å². The first kappa shape index (κ1) is 11.7. The molecule has 5 N–H and O–H groups in total. The molecule has 0 saturated heterocycles. The van der Waals surface area contributed by atoms with Crippen LogP contribution in [0.25, 0.3) is 11.0 Å². The summed E-state index contributed by atoms with van der Waals surface area (Å²) in [5.41, 5.74) is 17.1. The Bertz CT molecular complexity index is 471. The zero-order valence-electron chi connectivity index (χ0n) is 9.01. The molecule has 0 aliphatic carbocycles. The lowest BCUT2D eigenvalue weighted by molar-refractivity contribution is 1.17. The number of anilines is 2. The zero-order chi connectivity index (χ0) is 10.5. The Balaban J connectivity index is 0.00000112. The first-order chi connectivity index (χ1) is 6.52. The summed E-state index contributed by atoms with van der Waals surface area (Å²) in [6.07, 6.45) is 0. The molecule has 1 aromatic heterocycles. The monoisotopic (exact) mass is 226 g/mol. The maximum absolute atomic E-state index is 5.97. The summed E-state index contributed by atoms with van der Waals surface area (Å²) in [4.78, 5) is 7.43. The van der Waals surface area contributed by atoms with E-state index in [0.29, 0.717) is 0 Å². The van der Waals surface area contributed by atoms with E-state index in [0.717, 1.165) is 39.4 Å². The molecule has 0 unspecified atom stereocenters. The fraction of sp³-hybridized carbons (Fsp3) is 0.300. The largest absolute Gasteiger partial charge is 0.397 e. The topological polar surface area (TPSA) is 80.7 Å². The van der Waals surface area contributed by atoms with Gasteiger partial charge < -0.3 is 16.5 Å². The van der Waals surface area contributed by atoms with Gasteiger partial charge in [-0.05, 0) is 31.9 Å². The van der Waals surface area contributed by atoms with Crippen molar-refractivity contribution >= 4 is 34.8 Å². The molecule has 1 aromatic carbocycles. The van der Waals surface area contributed by atoms with E-state index in [-0.39, 0.29) is 12.4 Å². The molecular weight excluding hydrogens is 212 g/mol. The minimum atomic E-state index is 0. The van der Waals surface area contributed by atoms with E-state index in [2.05, 4.69) is 9.97 Å². The maximum atomic E-state index is 5.97. The van der Waals surface area contributed by atoms with Gasteiger partial charge in [-0.1, -0.05) is 0 Å². The molecule has 4 nitrogen and oxygen atoms in total. The van der Waals surface area contributed by atoms with E-state index in [1.165, 1.54) is 0 Å². The quantitative estimate of drug-likeness (QED) is 0.602. The van der Waals surface area contributed by atoms with Gasteiger partial charge in [0.1, 0.15) is 11.3 Å². The SMILES string of the molecule is Cc1nc2c(N)c(C)c(C)c(N)c2[nH]1.Cl. The average molecular weight is 227 g/mol. The van der Waals surface area contributed by atoms with Gasteiger partial charge in [-0.2, -0.15) is 0 Å². The molecule has 0 fully saturated rings. The van der Waals surface area contributed by atoms with E-state index in [1.807, 2.05) is 20.8 Å². The molecule has 0 aliphatic rings. The zero-order valence-corrected chi connectivity index (χ0v) is 9.83. The fourth-order valence-corrected chi connectivity index (χ4v) is 1.65. The van der Waals surface area contributed by atoms with E-state index >= 15 is 0 Å². The number of H-pyrrole nitrogens is 1. The van der Waals surface area contributed by atoms with Gasteiger partial charge in [0.05, 0.1) is 16.9 Å². The molecule has 82 valence electrons. The number of rotatable bonds is 0. The molecule has 0 atom stereocenters. The molecular formula is C10H15ClN4. The van der Waals surface area contributed by atoms with Gasteiger partial charge in [0.25, 0.3) is 0 Å². The molecule has 0 radical (unpaired) electrons. The Morgan fingerprint density at radius 3 is 2.13 bits per heavy atom. The van der Waals surface area contributed by atoms with Crippen molar-refractivity contribution in [2.45, 2.75) is 20.8 Å². The van der Waals surface area contributed by atoms with Crippen molar-refractivity contribution in [2.24, 2.45) is 0 Å². The fourth-order valence-electron chi connectivity index (χ4n) is 1.65. The summed E-state index contributed by atoms with van der Waals surface area (Å²) in [5.74, 6) is 0.836. The number of nitrogen functional groups attached to an aromatic ring is 2. The van der Waals surface area contributed by atoms with Crippen molar-refractivity contribution in [3.63, 3.8) is 0 Å². The predicted octanol–water partition coefficient (Wildman–Crippen LogP) is 2.07. The number of nitrogens with one attached hydrogen (secondary N) is 1. The number of imidazole rings is 1. The average Bonchev–Trinajstić information content (AvgIpc) is 2.54. The number of hydrogen-bond donors (Lipinski definition) is 3. The van der Waals surface area contributed by atoms with Crippen LogP contribution in [-0.2, 0) is 0 Å². The van der Waals surface area contributed by atoms with Gasteiger partial charge in [-0.3, -0.25) is 0 Å². The molecule has 0 amide bonds. The third-order valence-electron chi connectivity index (χ3n) is 2.72. The Labute approximate surface area is 94.5 Å². The number of aromatic amines is 1. The van der Waals surface area contributed by atoms with Crippen molar-refractivity contribution < 1.29 is 0 Å². The second-order valence-corrected chi connectivity index (χ2v) is 3.62. The van der Waals surface area contributed by atoms with Crippen LogP contribution in [0.15, 0.2) is 0 Å². The molecule has 15 heavy (non-hydrogen) atoms. The van der Waals surface area contributed by atoms with Gasteiger partial charge >= 0.3 is 0 Å². The Morgan fingerprint density at radius 2 is 1.53 bits per heavy atom. The third kappa shape index (κ3) is 1.51. The highest BCUT2D eigenvalue weighted by Crippen LogP contribution is 2.31. The van der Waals surface area contributed by atoms with Crippen LogP contribution in [0.1, 0.15) is 17.0 Å². The number of aryl methyl sites for hydroxylation is 1. The third-order valence-corrected chi connectivity index (χ3v) is 2.72. The van der Waals surface area contributed by atoms with Crippen molar-refractivity contribution in [1.29, 1.82) is 0 Å². The van der Waals surface area contributed by atoms with Crippen LogP contribution in [0.5, 0.6) is 0 Å². The standard InChI is InChI=1S/C10H14N4.ClH/c1-4-5(2)8(12)10-9(7(4)11)13-6(3)14-10;/h11-12H2,1-3H3,(H,13,14);1H. The van der Waals surface area contributed by atoms with Crippen LogP contribution in [0.3, 0.4) is 0 Å². The summed E-state index contributed by atoms with van der Waals surface area (Å²) >= 11 is 0. The molecule has 0 bridgehead atoms. The summed E-state index contributed by atoms with van der Waals surface area (Å²) in [6, 6.07) is 0. The molecule has 0 spiro atoms. The van der Waals surface area contributed by atoms with E-state index < -0.39 is 0 Å². The Kier molecular flexibility index (Phi) is 2.81. The lowest BCUT2D eigenvalue weighted by atomic mass is 10.0. The Morgan fingerprint density at radius 1 is 1.00 bits per heavy atom. The van der Waals surface area contributed by atoms with Gasteiger partial charge in [0.2, 0.25) is 0 Å². The van der Waals surface area contributed by atoms with Gasteiger partial charge in [-0.15, -0.1) is 12.4 Å². The number of nitrogens with two attached hydrogens (primary N) is 2. The Hall–Kier alpha value is -1.42. The summed E-state index contributed by atoms with van der Waals surface area (Å²) < 4.78 is 0. The van der Waals surface area contributed by atoms with E-state index in [1.54, 1.807) is 0 Å². The second kappa shape index (κ2) is 3.62. The van der Waals surface area contributed by atoms with Gasteiger partial charge in [-0.25, -0.2) is 4.98 Å². The number of nitrogens with zero attached hydrogens (tertiary/aromatic N) is 1. The normalized spacial score (nSPS) is 10.3. The van der Waals surface area contributed by atoms with Crippen molar-refractivity contribution in [2.75, 3.05) is 11.5 Å². The van der Waals surface area contributed by atoms with Gasteiger partial charge in [0.15, 0.2) is 0 Å². The summed E-state index contributed by atoms with van der Waals surface area (Å²) in [7, 11) is 0. The highest BCUT2D eigenvalue weighted by Gasteiger charge is 2.12. The summed E-state index contributed by atoms with van der Waals surface area (Å²) in [6.45, 7) is 5.82. The lowest BCUT2D eigenvalue weighted by Gasteiger charge is -2.08. The number of halogens is 1. The molecule has 2 aromatic rings. The first-order valence-electron chi connectivity index (χ1n) is 4.52. The van der Waals surface area contributed by atoms with E-state index in [4.69, 9.17) is 11.5 Å². The number of hydrogen-bond acceptors (Lipinski definition) is 3. The first-order valence-corrected chi connectivity index (χ1v) is 4.52. The van der Waals surface area contributed by atoms with Crippen LogP contribution in [0.4, 0.5) is 11.4 Å².